The van der Waals surface area contributed by atoms with Crippen molar-refractivity contribution >= 4 is 28.8 Å². The molecular formula is C14H12ClF2NO3S. The Morgan fingerprint density at radius 2 is 2.09 bits per heavy atom. The number of carbonyl (C=O) groups excluding carboxylic acids is 1. The Labute approximate surface area is 134 Å². The summed E-state index contributed by atoms with van der Waals surface area (Å²) in [5.41, 5.74) is 0.472. The van der Waals surface area contributed by atoms with E-state index in [0.717, 1.165) is 11.3 Å². The molecule has 1 unspecified atom stereocenters. The summed E-state index contributed by atoms with van der Waals surface area (Å²) in [6, 6.07) is 7.97. The predicted molar refractivity (Wildman–Crippen MR) is 79.7 cm³/mol. The molecule has 0 fully saturated rings. The number of thiophene rings is 1. The van der Waals surface area contributed by atoms with Crippen LogP contribution in [0.5, 0.6) is 5.75 Å². The van der Waals surface area contributed by atoms with E-state index in [-0.39, 0.29) is 17.2 Å². The number of amides is 1. The van der Waals surface area contributed by atoms with Crippen molar-refractivity contribution in [3.8, 4) is 5.75 Å². The van der Waals surface area contributed by atoms with Crippen molar-refractivity contribution in [3.05, 3.63) is 51.2 Å². The van der Waals surface area contributed by atoms with Crippen molar-refractivity contribution < 1.29 is 23.4 Å². The number of hydrogen-bond donors (Lipinski definition) is 2. The SMILES string of the molecule is O=C(NCC(O)c1ccccc1Cl)c1sccc1OC(F)F. The van der Waals surface area contributed by atoms with Gasteiger partial charge in [0.1, 0.15) is 10.6 Å². The van der Waals surface area contributed by atoms with Crippen LogP contribution in [-0.4, -0.2) is 24.2 Å². The first-order chi connectivity index (χ1) is 10.5. The van der Waals surface area contributed by atoms with Crippen molar-refractivity contribution in [2.24, 2.45) is 0 Å². The second kappa shape index (κ2) is 7.53. The Bertz CT molecular complexity index is 651. The summed E-state index contributed by atoms with van der Waals surface area (Å²) in [5, 5.41) is 14.3. The maximum absolute atomic E-state index is 12.2. The first kappa shape index (κ1) is 16.7. The van der Waals surface area contributed by atoms with Crippen LogP contribution in [0.1, 0.15) is 21.3 Å². The number of rotatable bonds is 6. The van der Waals surface area contributed by atoms with Crippen LogP contribution in [0.25, 0.3) is 0 Å². The Morgan fingerprint density at radius 3 is 2.77 bits per heavy atom. The summed E-state index contributed by atoms with van der Waals surface area (Å²) in [7, 11) is 0. The lowest BCUT2D eigenvalue weighted by Crippen LogP contribution is -2.28. The minimum absolute atomic E-state index is 0.0201. The van der Waals surface area contributed by atoms with Crippen LogP contribution in [0.15, 0.2) is 35.7 Å². The van der Waals surface area contributed by atoms with Gasteiger partial charge in [0.15, 0.2) is 0 Å². The predicted octanol–water partition coefficient (Wildman–Crippen LogP) is 3.47. The van der Waals surface area contributed by atoms with Crippen molar-refractivity contribution in [1.29, 1.82) is 0 Å². The zero-order chi connectivity index (χ0) is 16.1. The Morgan fingerprint density at radius 1 is 1.36 bits per heavy atom. The molecule has 0 spiro atoms. The molecule has 1 aromatic carbocycles. The van der Waals surface area contributed by atoms with Gasteiger partial charge in [-0.1, -0.05) is 29.8 Å². The molecule has 8 heteroatoms. The van der Waals surface area contributed by atoms with Crippen LogP contribution >= 0.6 is 22.9 Å². The molecule has 1 heterocycles. The smallest absolute Gasteiger partial charge is 0.387 e. The summed E-state index contributed by atoms with van der Waals surface area (Å²) in [6.07, 6.45) is -1.00. The van der Waals surface area contributed by atoms with Crippen molar-refractivity contribution in [1.82, 2.24) is 5.32 Å². The number of carbonyl (C=O) groups is 1. The fourth-order valence-electron chi connectivity index (χ4n) is 1.78. The third-order valence-corrected chi connectivity index (χ3v) is 4.01. The van der Waals surface area contributed by atoms with Gasteiger partial charge in [-0.25, -0.2) is 0 Å². The first-order valence-electron chi connectivity index (χ1n) is 6.22. The maximum Gasteiger partial charge on any atom is 0.387 e. The minimum Gasteiger partial charge on any atom is -0.433 e. The number of aliphatic hydroxyl groups excluding tert-OH is 1. The normalized spacial score (nSPS) is 12.2. The number of hydrogen-bond acceptors (Lipinski definition) is 4. The monoisotopic (exact) mass is 347 g/mol. The Kier molecular flexibility index (Phi) is 5.70. The van der Waals surface area contributed by atoms with E-state index in [4.69, 9.17) is 11.6 Å². The van der Waals surface area contributed by atoms with Crippen LogP contribution in [-0.2, 0) is 0 Å². The lowest BCUT2D eigenvalue weighted by Gasteiger charge is -2.13. The van der Waals surface area contributed by atoms with E-state index < -0.39 is 18.6 Å². The number of alkyl halides is 2. The summed E-state index contributed by atoms with van der Waals surface area (Å²) in [5.74, 6) is -0.790. The molecule has 0 saturated heterocycles. The van der Waals surface area contributed by atoms with Crippen LogP contribution in [0.4, 0.5) is 8.78 Å². The molecule has 1 amide bonds. The number of ether oxygens (including phenoxy) is 1. The third-order valence-electron chi connectivity index (χ3n) is 2.77. The van der Waals surface area contributed by atoms with Gasteiger partial charge >= 0.3 is 6.61 Å². The van der Waals surface area contributed by atoms with Crippen molar-refractivity contribution in [2.75, 3.05) is 6.54 Å². The molecule has 1 aromatic heterocycles. The van der Waals surface area contributed by atoms with Crippen molar-refractivity contribution in [2.45, 2.75) is 12.7 Å². The van der Waals surface area contributed by atoms with Gasteiger partial charge in [-0.2, -0.15) is 8.78 Å². The summed E-state index contributed by atoms with van der Waals surface area (Å²) in [4.78, 5) is 12.0. The molecule has 0 radical (unpaired) electrons. The summed E-state index contributed by atoms with van der Waals surface area (Å²) in [6.45, 7) is -3.11. The minimum atomic E-state index is -3.00. The average molecular weight is 348 g/mol. The maximum atomic E-state index is 12.2. The van der Waals surface area contributed by atoms with E-state index in [1.54, 1.807) is 24.3 Å². The number of benzene rings is 1. The zero-order valence-corrected chi connectivity index (χ0v) is 12.7. The highest BCUT2D eigenvalue weighted by Crippen LogP contribution is 2.27. The highest BCUT2D eigenvalue weighted by atomic mass is 35.5. The van der Waals surface area contributed by atoms with Gasteiger partial charge in [-0.3, -0.25) is 4.79 Å². The van der Waals surface area contributed by atoms with Gasteiger partial charge in [0.2, 0.25) is 0 Å². The molecular weight excluding hydrogens is 336 g/mol. The standard InChI is InChI=1S/C14H12ClF2NO3S/c15-9-4-2-1-3-8(9)10(19)7-18-13(20)12-11(5-6-22-12)21-14(16)17/h1-6,10,14,19H,7H2,(H,18,20). The third kappa shape index (κ3) is 4.16. The van der Waals surface area contributed by atoms with Crippen LogP contribution < -0.4 is 10.1 Å². The topological polar surface area (TPSA) is 58.6 Å². The van der Waals surface area contributed by atoms with E-state index in [9.17, 15) is 18.7 Å². The second-order valence-electron chi connectivity index (χ2n) is 4.24. The molecule has 2 aromatic rings. The van der Waals surface area contributed by atoms with Crippen molar-refractivity contribution in [3.63, 3.8) is 0 Å². The van der Waals surface area contributed by atoms with Gasteiger partial charge in [0.25, 0.3) is 5.91 Å². The average Bonchev–Trinajstić information content (AvgIpc) is 2.92. The quantitative estimate of drug-likeness (QED) is 0.841. The molecule has 0 aliphatic heterocycles. The number of nitrogens with one attached hydrogen (secondary N) is 1. The molecule has 4 nitrogen and oxygen atoms in total. The van der Waals surface area contributed by atoms with E-state index in [0.29, 0.717) is 10.6 Å². The van der Waals surface area contributed by atoms with Crippen LogP contribution in [0, 0.1) is 0 Å². The summed E-state index contributed by atoms with van der Waals surface area (Å²) >= 11 is 6.91. The van der Waals surface area contributed by atoms with Gasteiger partial charge in [0, 0.05) is 17.1 Å². The number of halogens is 3. The largest absolute Gasteiger partial charge is 0.433 e. The van der Waals surface area contributed by atoms with Gasteiger partial charge in [-0.05, 0) is 17.5 Å². The lowest BCUT2D eigenvalue weighted by atomic mass is 10.1. The molecule has 118 valence electrons. The van der Waals surface area contributed by atoms with Crippen LogP contribution in [0.3, 0.4) is 0 Å². The highest BCUT2D eigenvalue weighted by molar-refractivity contribution is 7.12. The first-order valence-corrected chi connectivity index (χ1v) is 7.47. The highest BCUT2D eigenvalue weighted by Gasteiger charge is 2.19. The second-order valence-corrected chi connectivity index (χ2v) is 5.56. The molecule has 0 aliphatic carbocycles. The fourth-order valence-corrected chi connectivity index (χ4v) is 2.78. The Hall–Kier alpha value is -1.70. The number of aliphatic hydroxyl groups is 1. The van der Waals surface area contributed by atoms with Gasteiger partial charge < -0.3 is 15.2 Å². The molecule has 2 rings (SSSR count). The van der Waals surface area contributed by atoms with Gasteiger partial charge in [0.05, 0.1) is 6.10 Å². The molecule has 22 heavy (non-hydrogen) atoms. The van der Waals surface area contributed by atoms with E-state index in [2.05, 4.69) is 10.1 Å². The summed E-state index contributed by atoms with van der Waals surface area (Å²) < 4.78 is 28.7. The van der Waals surface area contributed by atoms with Gasteiger partial charge in [-0.15, -0.1) is 11.3 Å². The molecule has 1 atom stereocenters. The molecule has 0 bridgehead atoms. The lowest BCUT2D eigenvalue weighted by molar-refractivity contribution is -0.0498. The Balaban J connectivity index is 1.98. The van der Waals surface area contributed by atoms with E-state index >= 15 is 0 Å². The van der Waals surface area contributed by atoms with E-state index in [1.807, 2.05) is 0 Å². The van der Waals surface area contributed by atoms with Crippen LogP contribution in [0.2, 0.25) is 5.02 Å². The van der Waals surface area contributed by atoms with E-state index in [1.165, 1.54) is 11.4 Å². The molecule has 0 aliphatic rings. The molecule has 2 N–H and O–H groups in total. The fraction of sp³-hybridized carbons (Fsp3) is 0.214. The zero-order valence-electron chi connectivity index (χ0n) is 11.1. The molecule has 0 saturated carbocycles.